The summed E-state index contributed by atoms with van der Waals surface area (Å²) in [6.45, 7) is 0. The van der Waals surface area contributed by atoms with Gasteiger partial charge >= 0.3 is 0 Å². The SMILES string of the molecule is NC(=S)c1cc(Nc2nc3c(s2)CCCC3)ccn1. The zero-order valence-corrected chi connectivity index (χ0v) is 12.0. The van der Waals surface area contributed by atoms with Crippen molar-refractivity contribution in [2.24, 2.45) is 5.73 Å². The Hall–Kier alpha value is -1.53. The number of aryl methyl sites for hydroxylation is 2. The molecule has 0 saturated heterocycles. The third kappa shape index (κ3) is 2.74. The van der Waals surface area contributed by atoms with Crippen LogP contribution in [0.2, 0.25) is 0 Å². The first-order chi connectivity index (χ1) is 9.22. The van der Waals surface area contributed by atoms with E-state index in [1.54, 1.807) is 17.5 Å². The van der Waals surface area contributed by atoms with Gasteiger partial charge in [0, 0.05) is 16.8 Å². The van der Waals surface area contributed by atoms with Gasteiger partial charge in [0.2, 0.25) is 0 Å². The quantitative estimate of drug-likeness (QED) is 0.851. The maximum Gasteiger partial charge on any atom is 0.187 e. The number of pyridine rings is 1. The number of nitrogens with zero attached hydrogens (tertiary/aromatic N) is 2. The second-order valence-corrected chi connectivity index (χ2v) is 6.04. The lowest BCUT2D eigenvalue weighted by Gasteiger charge is -2.06. The average Bonchev–Trinajstić information content (AvgIpc) is 2.81. The predicted molar refractivity (Wildman–Crippen MR) is 82.2 cm³/mol. The number of thiazole rings is 1. The fourth-order valence-corrected chi connectivity index (χ4v) is 3.35. The molecule has 0 radical (unpaired) electrons. The zero-order chi connectivity index (χ0) is 13.2. The lowest BCUT2D eigenvalue weighted by atomic mass is 10.0. The highest BCUT2D eigenvalue weighted by atomic mass is 32.1. The summed E-state index contributed by atoms with van der Waals surface area (Å²) in [5.74, 6) is 0. The topological polar surface area (TPSA) is 63.8 Å². The van der Waals surface area contributed by atoms with E-state index >= 15 is 0 Å². The summed E-state index contributed by atoms with van der Waals surface area (Å²) in [4.78, 5) is 10.5. The molecule has 0 aromatic carbocycles. The van der Waals surface area contributed by atoms with Crippen molar-refractivity contribution in [1.29, 1.82) is 0 Å². The minimum atomic E-state index is 0.307. The van der Waals surface area contributed by atoms with Gasteiger partial charge in [0.05, 0.1) is 11.4 Å². The van der Waals surface area contributed by atoms with E-state index in [4.69, 9.17) is 18.0 Å². The minimum Gasteiger partial charge on any atom is -0.388 e. The van der Waals surface area contributed by atoms with Crippen LogP contribution in [0.4, 0.5) is 10.8 Å². The van der Waals surface area contributed by atoms with Gasteiger partial charge in [0.25, 0.3) is 0 Å². The molecular formula is C13H14N4S2. The highest BCUT2D eigenvalue weighted by Gasteiger charge is 2.15. The molecule has 0 fully saturated rings. The van der Waals surface area contributed by atoms with Crippen molar-refractivity contribution < 1.29 is 0 Å². The number of thiocarbonyl (C=S) groups is 1. The largest absolute Gasteiger partial charge is 0.388 e. The molecule has 0 atom stereocenters. The molecule has 2 aromatic heterocycles. The van der Waals surface area contributed by atoms with Crippen molar-refractivity contribution in [3.8, 4) is 0 Å². The molecule has 0 saturated carbocycles. The Bertz CT molecular complexity index is 597. The lowest BCUT2D eigenvalue weighted by molar-refractivity contribution is 0.683. The molecule has 2 heterocycles. The summed E-state index contributed by atoms with van der Waals surface area (Å²) in [7, 11) is 0. The number of hydrogen-bond donors (Lipinski definition) is 2. The highest BCUT2D eigenvalue weighted by molar-refractivity contribution is 7.80. The molecule has 3 rings (SSSR count). The van der Waals surface area contributed by atoms with Gasteiger partial charge in [0.15, 0.2) is 5.13 Å². The number of hydrogen-bond acceptors (Lipinski definition) is 5. The highest BCUT2D eigenvalue weighted by Crippen LogP contribution is 2.31. The van der Waals surface area contributed by atoms with Crippen LogP contribution in [0.3, 0.4) is 0 Å². The van der Waals surface area contributed by atoms with Crippen LogP contribution >= 0.6 is 23.6 Å². The maximum absolute atomic E-state index is 5.58. The van der Waals surface area contributed by atoms with E-state index in [1.165, 1.54) is 23.4 Å². The van der Waals surface area contributed by atoms with Crippen molar-refractivity contribution in [3.05, 3.63) is 34.6 Å². The second-order valence-electron chi connectivity index (χ2n) is 4.52. The molecule has 0 spiro atoms. The van der Waals surface area contributed by atoms with E-state index in [2.05, 4.69) is 15.3 Å². The fourth-order valence-electron chi connectivity index (χ4n) is 2.17. The Balaban J connectivity index is 1.83. The van der Waals surface area contributed by atoms with Crippen LogP contribution in [0.15, 0.2) is 18.3 Å². The number of nitrogens with one attached hydrogen (secondary N) is 1. The average molecular weight is 290 g/mol. The summed E-state index contributed by atoms with van der Waals surface area (Å²) < 4.78 is 0. The Morgan fingerprint density at radius 1 is 1.37 bits per heavy atom. The van der Waals surface area contributed by atoms with Gasteiger partial charge < -0.3 is 11.1 Å². The number of rotatable bonds is 3. The van der Waals surface area contributed by atoms with Gasteiger partial charge in [-0.15, -0.1) is 11.3 Å². The van der Waals surface area contributed by atoms with E-state index in [0.29, 0.717) is 10.7 Å². The molecule has 1 aliphatic carbocycles. The predicted octanol–water partition coefficient (Wildman–Crippen LogP) is 2.79. The smallest absolute Gasteiger partial charge is 0.187 e. The van der Waals surface area contributed by atoms with Crippen LogP contribution in [-0.4, -0.2) is 15.0 Å². The van der Waals surface area contributed by atoms with Gasteiger partial charge in [-0.3, -0.25) is 4.98 Å². The third-order valence-corrected chi connectivity index (χ3v) is 4.39. The molecule has 0 bridgehead atoms. The summed E-state index contributed by atoms with van der Waals surface area (Å²) in [5.41, 5.74) is 8.38. The van der Waals surface area contributed by atoms with E-state index in [0.717, 1.165) is 23.7 Å². The molecule has 2 aromatic rings. The number of nitrogens with two attached hydrogens (primary N) is 1. The second kappa shape index (κ2) is 5.22. The van der Waals surface area contributed by atoms with E-state index in [9.17, 15) is 0 Å². The summed E-state index contributed by atoms with van der Waals surface area (Å²) in [6.07, 6.45) is 6.47. The first-order valence-corrected chi connectivity index (χ1v) is 7.46. The van der Waals surface area contributed by atoms with Crippen molar-refractivity contribution in [3.63, 3.8) is 0 Å². The Kier molecular flexibility index (Phi) is 3.44. The van der Waals surface area contributed by atoms with Gasteiger partial charge in [-0.2, -0.15) is 0 Å². The van der Waals surface area contributed by atoms with Crippen LogP contribution in [0.5, 0.6) is 0 Å². The van der Waals surface area contributed by atoms with Crippen LogP contribution in [0.1, 0.15) is 29.1 Å². The number of aromatic nitrogens is 2. The van der Waals surface area contributed by atoms with Crippen molar-refractivity contribution in [1.82, 2.24) is 9.97 Å². The Morgan fingerprint density at radius 2 is 2.21 bits per heavy atom. The first kappa shape index (κ1) is 12.5. The molecule has 3 N–H and O–H groups in total. The van der Waals surface area contributed by atoms with Gasteiger partial charge in [-0.1, -0.05) is 12.2 Å². The lowest BCUT2D eigenvalue weighted by Crippen LogP contribution is -2.11. The van der Waals surface area contributed by atoms with E-state index in [1.807, 2.05) is 12.1 Å². The standard InChI is InChI=1S/C13H14N4S2/c14-12(18)10-7-8(5-6-15-10)16-13-17-9-3-1-2-4-11(9)19-13/h5-7H,1-4H2,(H2,14,18)(H,15,16,17). The monoisotopic (exact) mass is 290 g/mol. The third-order valence-electron chi connectivity index (χ3n) is 3.11. The molecule has 1 aliphatic rings. The molecule has 4 nitrogen and oxygen atoms in total. The zero-order valence-electron chi connectivity index (χ0n) is 10.3. The van der Waals surface area contributed by atoms with Gasteiger partial charge in [-0.05, 0) is 37.8 Å². The van der Waals surface area contributed by atoms with Crippen LogP contribution in [0, 0.1) is 0 Å². The van der Waals surface area contributed by atoms with Crippen molar-refractivity contribution in [2.45, 2.75) is 25.7 Å². The summed E-state index contributed by atoms with van der Waals surface area (Å²) in [5, 5.41) is 4.25. The maximum atomic E-state index is 5.58. The molecule has 19 heavy (non-hydrogen) atoms. The van der Waals surface area contributed by atoms with Crippen molar-refractivity contribution >= 4 is 39.4 Å². The van der Waals surface area contributed by atoms with Crippen LogP contribution in [0.25, 0.3) is 0 Å². The molecule has 6 heteroatoms. The number of anilines is 2. The minimum absolute atomic E-state index is 0.307. The van der Waals surface area contributed by atoms with Gasteiger partial charge in [0.1, 0.15) is 4.99 Å². The first-order valence-electron chi connectivity index (χ1n) is 6.24. The van der Waals surface area contributed by atoms with Crippen molar-refractivity contribution in [2.75, 3.05) is 5.32 Å². The van der Waals surface area contributed by atoms with Crippen LogP contribution in [-0.2, 0) is 12.8 Å². The van der Waals surface area contributed by atoms with E-state index in [-0.39, 0.29) is 0 Å². The summed E-state index contributed by atoms with van der Waals surface area (Å²) >= 11 is 6.67. The fraction of sp³-hybridized carbons (Fsp3) is 0.308. The van der Waals surface area contributed by atoms with Gasteiger partial charge in [-0.25, -0.2) is 4.98 Å². The molecule has 0 amide bonds. The molecule has 0 aliphatic heterocycles. The normalized spacial score (nSPS) is 13.9. The van der Waals surface area contributed by atoms with E-state index < -0.39 is 0 Å². The van der Waals surface area contributed by atoms with Crippen LogP contribution < -0.4 is 11.1 Å². The molecule has 0 unspecified atom stereocenters. The molecule has 98 valence electrons. The number of fused-ring (bicyclic) bond motifs is 1. The Morgan fingerprint density at radius 3 is 3.00 bits per heavy atom. The summed E-state index contributed by atoms with van der Waals surface area (Å²) in [6, 6.07) is 3.74. The Labute approximate surface area is 121 Å². The molecular weight excluding hydrogens is 276 g/mol.